The molecule has 0 amide bonds. The highest BCUT2D eigenvalue weighted by atomic mass is 15.3. The van der Waals surface area contributed by atoms with Crippen molar-refractivity contribution in [1.82, 2.24) is 9.80 Å². The average Bonchev–Trinajstić information content (AvgIpc) is 2.88. The first-order valence-electron chi connectivity index (χ1n) is 8.51. The van der Waals surface area contributed by atoms with Crippen molar-refractivity contribution in [2.75, 3.05) is 26.2 Å². The Balaban J connectivity index is 1.60. The Morgan fingerprint density at radius 3 is 2.74 bits per heavy atom. The molecule has 4 atom stereocenters. The van der Waals surface area contributed by atoms with Gasteiger partial charge in [-0.15, -0.1) is 0 Å². The molecule has 4 unspecified atom stereocenters. The highest BCUT2D eigenvalue weighted by Gasteiger charge is 2.37. The summed E-state index contributed by atoms with van der Waals surface area (Å²) >= 11 is 0. The average molecular weight is 265 g/mol. The first-order valence-corrected chi connectivity index (χ1v) is 8.51. The van der Waals surface area contributed by atoms with Gasteiger partial charge in [-0.3, -0.25) is 9.80 Å². The smallest absolute Gasteiger partial charge is 0.0251 e. The molecule has 3 aliphatic rings. The van der Waals surface area contributed by atoms with Gasteiger partial charge in [-0.05, 0) is 44.6 Å². The van der Waals surface area contributed by atoms with Gasteiger partial charge in [0.2, 0.25) is 0 Å². The molecule has 2 N–H and O–H groups in total. The largest absolute Gasteiger partial charge is 0.326 e. The molecule has 110 valence electrons. The van der Waals surface area contributed by atoms with Crippen molar-refractivity contribution in [1.29, 1.82) is 0 Å². The van der Waals surface area contributed by atoms with Crippen LogP contribution < -0.4 is 5.73 Å². The molecule has 0 bridgehead atoms. The summed E-state index contributed by atoms with van der Waals surface area (Å²) in [6.07, 6.45) is 9.55. The molecule has 0 radical (unpaired) electrons. The van der Waals surface area contributed by atoms with Gasteiger partial charge in [-0.1, -0.05) is 19.8 Å². The van der Waals surface area contributed by atoms with Crippen LogP contribution in [0.15, 0.2) is 0 Å². The van der Waals surface area contributed by atoms with E-state index in [9.17, 15) is 0 Å². The summed E-state index contributed by atoms with van der Waals surface area (Å²) in [6.45, 7) is 7.49. The van der Waals surface area contributed by atoms with Crippen molar-refractivity contribution in [2.45, 2.75) is 70.0 Å². The standard InChI is InChI=1S/C16H31N3/c1-2-4-13-6-7-15(17)16(11-13)19-10-9-18-8-3-5-14(18)12-19/h13-16H,2-12,17H2,1H3. The van der Waals surface area contributed by atoms with Crippen LogP contribution in [0.3, 0.4) is 0 Å². The second kappa shape index (κ2) is 6.11. The molecule has 1 saturated carbocycles. The Morgan fingerprint density at radius 1 is 1.05 bits per heavy atom. The molecule has 19 heavy (non-hydrogen) atoms. The van der Waals surface area contributed by atoms with Crippen molar-refractivity contribution < 1.29 is 0 Å². The molecule has 0 aromatic heterocycles. The molecular formula is C16H31N3. The molecule has 1 aliphatic carbocycles. The lowest BCUT2D eigenvalue weighted by Gasteiger charge is -2.46. The quantitative estimate of drug-likeness (QED) is 0.848. The van der Waals surface area contributed by atoms with Crippen LogP contribution in [-0.2, 0) is 0 Å². The summed E-state index contributed by atoms with van der Waals surface area (Å²) in [4.78, 5) is 5.45. The zero-order valence-electron chi connectivity index (χ0n) is 12.6. The Hall–Kier alpha value is -0.120. The van der Waals surface area contributed by atoms with E-state index >= 15 is 0 Å². The third kappa shape index (κ3) is 2.98. The van der Waals surface area contributed by atoms with Gasteiger partial charge in [0, 0.05) is 37.8 Å². The monoisotopic (exact) mass is 265 g/mol. The van der Waals surface area contributed by atoms with Crippen LogP contribution in [-0.4, -0.2) is 54.1 Å². The van der Waals surface area contributed by atoms with Crippen LogP contribution in [0.25, 0.3) is 0 Å². The molecule has 3 rings (SSSR count). The minimum absolute atomic E-state index is 0.432. The molecule has 0 spiro atoms. The van der Waals surface area contributed by atoms with Crippen LogP contribution in [0.4, 0.5) is 0 Å². The van der Waals surface area contributed by atoms with Crippen LogP contribution in [0.5, 0.6) is 0 Å². The normalized spacial score (nSPS) is 41.4. The Bertz CT molecular complexity index is 294. The molecule has 0 aromatic rings. The maximum absolute atomic E-state index is 6.45. The third-order valence-corrected chi connectivity index (χ3v) is 5.76. The molecule has 2 saturated heterocycles. The highest BCUT2D eigenvalue weighted by molar-refractivity contribution is 4.95. The summed E-state index contributed by atoms with van der Waals surface area (Å²) in [5.41, 5.74) is 6.45. The lowest BCUT2D eigenvalue weighted by molar-refractivity contribution is 0.0373. The Morgan fingerprint density at radius 2 is 1.89 bits per heavy atom. The molecule has 2 heterocycles. The van der Waals surface area contributed by atoms with Crippen molar-refractivity contribution in [2.24, 2.45) is 11.7 Å². The van der Waals surface area contributed by atoms with E-state index in [1.54, 1.807) is 0 Å². The van der Waals surface area contributed by atoms with Crippen molar-refractivity contribution in [3.8, 4) is 0 Å². The van der Waals surface area contributed by atoms with Crippen LogP contribution in [0.2, 0.25) is 0 Å². The minimum Gasteiger partial charge on any atom is -0.326 e. The first kappa shape index (κ1) is 13.8. The van der Waals surface area contributed by atoms with E-state index in [0.717, 1.165) is 12.0 Å². The zero-order valence-corrected chi connectivity index (χ0v) is 12.6. The Labute approximate surface area is 118 Å². The highest BCUT2D eigenvalue weighted by Crippen LogP contribution is 2.32. The minimum atomic E-state index is 0.432. The van der Waals surface area contributed by atoms with Gasteiger partial charge in [0.15, 0.2) is 0 Å². The van der Waals surface area contributed by atoms with Gasteiger partial charge in [0.25, 0.3) is 0 Å². The Kier molecular flexibility index (Phi) is 4.45. The number of rotatable bonds is 3. The summed E-state index contributed by atoms with van der Waals surface area (Å²) < 4.78 is 0. The number of nitrogens with zero attached hydrogens (tertiary/aromatic N) is 2. The number of nitrogens with two attached hydrogens (primary N) is 1. The molecule has 3 fully saturated rings. The summed E-state index contributed by atoms with van der Waals surface area (Å²) in [5.74, 6) is 0.941. The van der Waals surface area contributed by atoms with Gasteiger partial charge >= 0.3 is 0 Å². The molecule has 3 nitrogen and oxygen atoms in total. The van der Waals surface area contributed by atoms with Crippen LogP contribution >= 0.6 is 0 Å². The number of hydrogen-bond donors (Lipinski definition) is 1. The van der Waals surface area contributed by atoms with Crippen molar-refractivity contribution in [3.63, 3.8) is 0 Å². The molecular weight excluding hydrogens is 234 g/mol. The van der Waals surface area contributed by atoms with Crippen molar-refractivity contribution >= 4 is 0 Å². The lowest BCUT2D eigenvalue weighted by atomic mass is 9.79. The topological polar surface area (TPSA) is 32.5 Å². The van der Waals surface area contributed by atoms with E-state index in [1.165, 1.54) is 71.1 Å². The maximum Gasteiger partial charge on any atom is 0.0251 e. The summed E-state index contributed by atoms with van der Waals surface area (Å²) in [6, 6.07) is 1.95. The van der Waals surface area contributed by atoms with Crippen molar-refractivity contribution in [3.05, 3.63) is 0 Å². The number of piperazine rings is 1. The zero-order chi connectivity index (χ0) is 13.2. The van der Waals surface area contributed by atoms with Gasteiger partial charge in [-0.2, -0.15) is 0 Å². The first-order chi connectivity index (χ1) is 9.28. The van der Waals surface area contributed by atoms with Crippen LogP contribution in [0, 0.1) is 5.92 Å². The molecule has 0 aromatic carbocycles. The fourth-order valence-electron chi connectivity index (χ4n) is 4.66. The van der Waals surface area contributed by atoms with Gasteiger partial charge in [0.1, 0.15) is 0 Å². The fourth-order valence-corrected chi connectivity index (χ4v) is 4.66. The van der Waals surface area contributed by atoms with E-state index in [0.29, 0.717) is 12.1 Å². The van der Waals surface area contributed by atoms with E-state index in [4.69, 9.17) is 5.73 Å². The van der Waals surface area contributed by atoms with Gasteiger partial charge in [-0.25, -0.2) is 0 Å². The summed E-state index contributed by atoms with van der Waals surface area (Å²) in [7, 11) is 0. The predicted octanol–water partition coefficient (Wildman–Crippen LogP) is 2.06. The molecule has 3 heteroatoms. The van der Waals surface area contributed by atoms with E-state index in [1.807, 2.05) is 0 Å². The lowest BCUT2D eigenvalue weighted by Crippen LogP contribution is -2.59. The summed E-state index contributed by atoms with van der Waals surface area (Å²) in [5, 5.41) is 0. The second-order valence-corrected chi connectivity index (χ2v) is 7.03. The van der Waals surface area contributed by atoms with E-state index in [2.05, 4.69) is 16.7 Å². The van der Waals surface area contributed by atoms with Gasteiger partial charge < -0.3 is 5.73 Å². The van der Waals surface area contributed by atoms with E-state index in [-0.39, 0.29) is 0 Å². The number of fused-ring (bicyclic) bond motifs is 1. The second-order valence-electron chi connectivity index (χ2n) is 7.03. The fraction of sp³-hybridized carbons (Fsp3) is 1.00. The van der Waals surface area contributed by atoms with Gasteiger partial charge in [0.05, 0.1) is 0 Å². The van der Waals surface area contributed by atoms with Crippen LogP contribution in [0.1, 0.15) is 51.9 Å². The molecule has 2 aliphatic heterocycles. The van der Waals surface area contributed by atoms with E-state index < -0.39 is 0 Å². The predicted molar refractivity (Wildman–Crippen MR) is 80.2 cm³/mol. The maximum atomic E-state index is 6.45. The third-order valence-electron chi connectivity index (χ3n) is 5.76. The SMILES string of the molecule is CCCC1CCC(N)C(N2CCN3CCCC3C2)C1. The number of hydrogen-bond acceptors (Lipinski definition) is 3.